The van der Waals surface area contributed by atoms with E-state index in [0.29, 0.717) is 6.42 Å². The summed E-state index contributed by atoms with van der Waals surface area (Å²) in [4.78, 5) is 0. The van der Waals surface area contributed by atoms with E-state index in [4.69, 9.17) is 10.2 Å². The fourth-order valence-electron chi connectivity index (χ4n) is 0.0577. The first-order valence-corrected chi connectivity index (χ1v) is 1.48. The molecule has 0 aromatic heterocycles. The molecule has 0 aromatic carbocycles. The van der Waals surface area contributed by atoms with Gasteiger partial charge < -0.3 is 10.2 Å². The zero-order valence-electron chi connectivity index (χ0n) is 3.39. The van der Waals surface area contributed by atoms with Crippen molar-refractivity contribution in [3.63, 3.8) is 0 Å². The fraction of sp³-hybridized carbons (Fsp3) is 0.667. The van der Waals surface area contributed by atoms with Gasteiger partial charge in [-0.2, -0.15) is 0 Å². The largest absolute Gasteiger partial charge is 0.566 e. The van der Waals surface area contributed by atoms with Crippen LogP contribution in [0.5, 0.6) is 0 Å². The van der Waals surface area contributed by atoms with Gasteiger partial charge in [0, 0.05) is 28.3 Å². The molecule has 3 heteroatoms. The number of hydrogen-bond donors (Lipinski definition) is 2. The molecule has 0 unspecified atom stereocenters. The summed E-state index contributed by atoms with van der Waals surface area (Å²) < 4.78 is 0. The van der Waals surface area contributed by atoms with Crippen LogP contribution in [0.15, 0.2) is 0 Å². The standard InChI is InChI=1S/C3H7O2.Ti/c4-2-1-3-5;/h2,4-5H,1,3H2;/q-1;. The van der Waals surface area contributed by atoms with Crippen molar-refractivity contribution in [3.8, 4) is 0 Å². The number of hydrogen-bond acceptors (Lipinski definition) is 2. The molecule has 0 aliphatic carbocycles. The van der Waals surface area contributed by atoms with Gasteiger partial charge in [0.25, 0.3) is 0 Å². The second-order valence-corrected chi connectivity index (χ2v) is 0.695. The molecule has 0 saturated heterocycles. The van der Waals surface area contributed by atoms with E-state index < -0.39 is 0 Å². The van der Waals surface area contributed by atoms with E-state index >= 15 is 0 Å². The molecule has 0 heterocycles. The summed E-state index contributed by atoms with van der Waals surface area (Å²) in [6, 6.07) is 0. The zero-order valence-corrected chi connectivity index (χ0v) is 4.95. The summed E-state index contributed by atoms with van der Waals surface area (Å²) in [7, 11) is 0. The Morgan fingerprint density at radius 1 is 1.50 bits per heavy atom. The first-order chi connectivity index (χ1) is 2.41. The molecule has 0 amide bonds. The van der Waals surface area contributed by atoms with E-state index in [2.05, 4.69) is 0 Å². The Morgan fingerprint density at radius 3 is 2.00 bits per heavy atom. The average Bonchev–Trinajstić information content (AvgIpc) is 1.41. The van der Waals surface area contributed by atoms with Crippen LogP contribution in [0.4, 0.5) is 0 Å². The smallest absolute Gasteiger partial charge is 0.0179 e. The molecule has 0 aliphatic heterocycles. The van der Waals surface area contributed by atoms with Crippen molar-refractivity contribution in [2.75, 3.05) is 6.61 Å². The third-order valence-electron chi connectivity index (χ3n) is 0.258. The van der Waals surface area contributed by atoms with Gasteiger partial charge in [0.2, 0.25) is 0 Å². The van der Waals surface area contributed by atoms with E-state index in [1.165, 1.54) is 0 Å². The van der Waals surface area contributed by atoms with Gasteiger partial charge in [-0.25, -0.2) is 6.61 Å². The average molecular weight is 123 g/mol. The van der Waals surface area contributed by atoms with Crippen LogP contribution in [0.3, 0.4) is 0 Å². The van der Waals surface area contributed by atoms with Crippen molar-refractivity contribution in [2.24, 2.45) is 0 Å². The molecule has 0 fully saturated rings. The molecular formula is C3H7O2Ti-. The summed E-state index contributed by atoms with van der Waals surface area (Å²) in [5.74, 6) is 0. The van der Waals surface area contributed by atoms with Gasteiger partial charge in [-0.1, -0.05) is 0 Å². The van der Waals surface area contributed by atoms with Crippen LogP contribution in [0.25, 0.3) is 0 Å². The predicted molar refractivity (Wildman–Crippen MR) is 17.9 cm³/mol. The van der Waals surface area contributed by atoms with E-state index in [9.17, 15) is 0 Å². The molecule has 0 rings (SSSR count). The quantitative estimate of drug-likeness (QED) is 0.397. The fourth-order valence-corrected chi connectivity index (χ4v) is 0.0577. The normalized spacial score (nSPS) is 7.00. The van der Waals surface area contributed by atoms with Crippen LogP contribution in [0.2, 0.25) is 0 Å². The van der Waals surface area contributed by atoms with E-state index in [1.807, 2.05) is 0 Å². The Labute approximate surface area is 52.1 Å². The Kier molecular flexibility index (Phi) is 15.0. The van der Waals surface area contributed by atoms with Crippen LogP contribution in [0, 0.1) is 6.61 Å². The SMILES string of the molecule is O[CH-]CCO.[Ti]. The van der Waals surface area contributed by atoms with Crippen molar-refractivity contribution in [3.05, 3.63) is 6.61 Å². The van der Waals surface area contributed by atoms with Gasteiger partial charge in [0.1, 0.15) is 0 Å². The topological polar surface area (TPSA) is 40.5 Å². The maximum atomic E-state index is 7.88. The van der Waals surface area contributed by atoms with Gasteiger partial charge in [0.05, 0.1) is 0 Å². The third kappa shape index (κ3) is 8.82. The van der Waals surface area contributed by atoms with Crippen LogP contribution >= 0.6 is 0 Å². The van der Waals surface area contributed by atoms with Crippen LogP contribution in [-0.2, 0) is 21.7 Å². The molecule has 0 bridgehead atoms. The van der Waals surface area contributed by atoms with E-state index in [-0.39, 0.29) is 28.3 Å². The Hall–Kier alpha value is 0.634. The maximum absolute atomic E-state index is 7.88. The first-order valence-electron chi connectivity index (χ1n) is 1.48. The summed E-state index contributed by atoms with van der Waals surface area (Å²) >= 11 is 0. The third-order valence-corrected chi connectivity index (χ3v) is 0.258. The van der Waals surface area contributed by atoms with Crippen LogP contribution in [0.1, 0.15) is 6.42 Å². The van der Waals surface area contributed by atoms with Crippen LogP contribution in [-0.4, -0.2) is 16.8 Å². The molecule has 0 radical (unpaired) electrons. The molecule has 0 aromatic rings. The summed E-state index contributed by atoms with van der Waals surface area (Å²) in [5, 5.41) is 15.7. The van der Waals surface area contributed by atoms with Crippen molar-refractivity contribution < 1.29 is 31.9 Å². The molecule has 0 saturated carbocycles. The van der Waals surface area contributed by atoms with E-state index in [0.717, 1.165) is 6.61 Å². The van der Waals surface area contributed by atoms with Gasteiger partial charge in [-0.3, -0.25) is 0 Å². The second kappa shape index (κ2) is 9.16. The molecule has 2 N–H and O–H groups in total. The molecule has 0 atom stereocenters. The maximum Gasteiger partial charge on any atom is 0.0179 e. The van der Waals surface area contributed by atoms with Gasteiger partial charge in [0.15, 0.2) is 0 Å². The minimum atomic E-state index is 0. The minimum Gasteiger partial charge on any atom is -0.566 e. The van der Waals surface area contributed by atoms with Gasteiger partial charge >= 0.3 is 0 Å². The molecule has 2 nitrogen and oxygen atoms in total. The summed E-state index contributed by atoms with van der Waals surface area (Å²) in [6.45, 7) is 0.969. The zero-order chi connectivity index (χ0) is 4.12. The molecule has 6 heavy (non-hydrogen) atoms. The van der Waals surface area contributed by atoms with Gasteiger partial charge in [-0.15, -0.1) is 6.42 Å². The van der Waals surface area contributed by atoms with Gasteiger partial charge in [-0.05, 0) is 0 Å². The Balaban J connectivity index is 0. The van der Waals surface area contributed by atoms with Crippen molar-refractivity contribution >= 4 is 0 Å². The second-order valence-electron chi connectivity index (χ2n) is 0.695. The molecule has 36 valence electrons. The summed E-state index contributed by atoms with van der Waals surface area (Å²) in [6.07, 6.45) is 0.375. The Morgan fingerprint density at radius 2 is 2.00 bits per heavy atom. The van der Waals surface area contributed by atoms with Crippen molar-refractivity contribution in [2.45, 2.75) is 6.42 Å². The van der Waals surface area contributed by atoms with Crippen LogP contribution < -0.4 is 0 Å². The molecule has 0 aliphatic rings. The predicted octanol–water partition coefficient (Wildman–Crippen LogP) is -0.0994. The van der Waals surface area contributed by atoms with E-state index in [1.54, 1.807) is 0 Å². The Bertz CT molecular complexity index is 16.3. The number of aliphatic hydroxyl groups excluding tert-OH is 2. The minimum absolute atomic E-state index is 0. The summed E-state index contributed by atoms with van der Waals surface area (Å²) in [5.41, 5.74) is 0. The molecule has 0 spiro atoms. The monoisotopic (exact) mass is 123 g/mol. The number of aliphatic hydroxyl groups is 2. The van der Waals surface area contributed by atoms with Crippen molar-refractivity contribution in [1.82, 2.24) is 0 Å². The molecular weight excluding hydrogens is 116 g/mol. The van der Waals surface area contributed by atoms with Crippen molar-refractivity contribution in [1.29, 1.82) is 0 Å². The first kappa shape index (κ1) is 9.81. The number of rotatable bonds is 2.